The van der Waals surface area contributed by atoms with Gasteiger partial charge in [0.15, 0.2) is 23.0 Å². The van der Waals surface area contributed by atoms with Crippen LogP contribution in [0.15, 0.2) is 94.1 Å². The van der Waals surface area contributed by atoms with E-state index in [-0.39, 0.29) is 40.9 Å². The van der Waals surface area contributed by atoms with Gasteiger partial charge in [-0.2, -0.15) is 9.97 Å². The van der Waals surface area contributed by atoms with Crippen molar-refractivity contribution in [1.82, 2.24) is 35.5 Å². The number of para-hydroxylation sites is 2. The van der Waals surface area contributed by atoms with Crippen LogP contribution < -0.4 is 50.1 Å². The van der Waals surface area contributed by atoms with Gasteiger partial charge in [-0.1, -0.05) is 45.0 Å². The minimum atomic E-state index is -0.931. The summed E-state index contributed by atoms with van der Waals surface area (Å²) in [6, 6.07) is 21.9. The van der Waals surface area contributed by atoms with Crippen LogP contribution in [0.2, 0.25) is 5.28 Å². The maximum absolute atomic E-state index is 12.6. The van der Waals surface area contributed by atoms with Crippen molar-refractivity contribution in [2.75, 3.05) is 59.1 Å². The molecule has 2 heterocycles. The topological polar surface area (TPSA) is 206 Å². The summed E-state index contributed by atoms with van der Waals surface area (Å²) in [5, 5.41) is 9.15. The van der Waals surface area contributed by atoms with Crippen molar-refractivity contribution in [1.29, 1.82) is 0 Å². The number of aromatic nitrogens is 4. The summed E-state index contributed by atoms with van der Waals surface area (Å²) in [6.45, 7) is 14.0. The van der Waals surface area contributed by atoms with Crippen molar-refractivity contribution in [3.05, 3.63) is 122 Å². The third-order valence-corrected chi connectivity index (χ3v) is 12.1. The normalized spacial score (nSPS) is 11.9. The molecular weight excluding hydrogens is 1210 g/mol. The number of nitrogens with zero attached hydrogens (tertiary/aromatic N) is 5. The number of nitrogens with one attached hydrogen (secondary N) is 3. The summed E-state index contributed by atoms with van der Waals surface area (Å²) in [5.74, 6) is 4.09. The molecule has 2 amide bonds. The predicted octanol–water partition coefficient (Wildman–Crippen LogP) is 12.9. The number of amides is 2. The Bertz CT molecular complexity index is 2790. The fourth-order valence-corrected chi connectivity index (χ4v) is 7.44. The van der Waals surface area contributed by atoms with E-state index in [1.807, 2.05) is 32.0 Å². The second kappa shape index (κ2) is 32.4. The minimum absolute atomic E-state index is 0.0770. The standard InChI is InChI=1S/C23H23BrN4O4.C14H11BrClN3O2.C9H13NO2.C6H15N.2ClH.Zn/c1-13-10-15(11-19(30-2)20(13)31-3)27-23-25-12-17(24)22(28-23)32-18-7-5-4-6-16(18)21(29)26-14-8-9-14;15-10-7-17-14(16)19-13(10)21-11-4-2-1-3-9(11)12(20)18-8-5-6-8;1-6-4-7(10)5-8(11-2)9(6)12-3;1-4-7(5-2)6-3;;;/h4-7,10-12,14H,8-9H2,1-3H3,(H,26,29)(H,25,27,28);1-4,7-8H,5-6H2,(H,18,20);4-5H,10H2,1-3H3;4-6H2,1-3H3;2*1H;/q;;;;;;+2/p-2. The van der Waals surface area contributed by atoms with E-state index in [0.29, 0.717) is 60.5 Å². The molecule has 2 aromatic heterocycles. The Morgan fingerprint density at radius 3 is 1.55 bits per heavy atom. The molecule has 0 unspecified atom stereocenters. The molecule has 0 bridgehead atoms. The average Bonchev–Trinajstić information content (AvgIpc) is 4.36. The number of hydrogen-bond donors (Lipinski definition) is 4. The van der Waals surface area contributed by atoms with Crippen molar-refractivity contribution in [2.45, 2.75) is 72.4 Å². The molecule has 0 spiro atoms. The summed E-state index contributed by atoms with van der Waals surface area (Å²) in [7, 11) is 16.3. The van der Waals surface area contributed by atoms with E-state index in [0.717, 1.165) is 48.2 Å². The molecule has 0 radical (unpaired) electrons. The Morgan fingerprint density at radius 2 is 1.11 bits per heavy atom. The molecule has 0 saturated heterocycles. The van der Waals surface area contributed by atoms with Gasteiger partial charge in [0.2, 0.25) is 23.0 Å². The Morgan fingerprint density at radius 1 is 0.667 bits per heavy atom. The number of halogens is 5. The SMILES string of the molecule is CCN(CC)CC.COc1cc(N)cc(C)c1OC.COc1cc(Nc2ncc(Br)c(Oc3ccccc3C(=O)NC3CC3)n2)cc(C)c1OC.O=C(NC1CC1)c1ccccc1Oc1nc(Cl)ncc1Br.[Cl][Zn][Cl]. The molecule has 5 N–H and O–H groups in total. The van der Waals surface area contributed by atoms with Crippen molar-refractivity contribution >= 4 is 92.0 Å². The molecule has 2 saturated carbocycles. The van der Waals surface area contributed by atoms with Crippen molar-refractivity contribution in [2.24, 2.45) is 0 Å². The first-order valence-electron chi connectivity index (χ1n) is 23.7. The molecule has 400 valence electrons. The monoisotopic (exact) mass is 1270 g/mol. The van der Waals surface area contributed by atoms with Crippen LogP contribution in [0.4, 0.5) is 17.3 Å². The van der Waals surface area contributed by atoms with E-state index in [1.54, 1.807) is 89.2 Å². The van der Waals surface area contributed by atoms with Gasteiger partial charge in [-0.25, -0.2) is 9.97 Å². The molecule has 4 aromatic carbocycles. The number of anilines is 3. The number of methoxy groups -OCH3 is 4. The summed E-state index contributed by atoms with van der Waals surface area (Å²) >= 11 is 11.5. The van der Waals surface area contributed by atoms with Crippen LogP contribution in [0.1, 0.15) is 78.3 Å². The third kappa shape index (κ3) is 20.4. The van der Waals surface area contributed by atoms with Gasteiger partial charge in [0, 0.05) is 41.8 Å². The van der Waals surface area contributed by atoms with Crippen molar-refractivity contribution < 1.29 is 53.2 Å². The Balaban J connectivity index is 0.000000241. The number of nitrogens with two attached hydrogens (primary N) is 1. The average molecular weight is 1270 g/mol. The summed E-state index contributed by atoms with van der Waals surface area (Å²) < 4.78 is 33.9. The fourth-order valence-electron chi connectivity index (χ4n) is 6.77. The molecule has 2 fully saturated rings. The molecule has 0 atom stereocenters. The molecule has 2 aliphatic rings. The van der Waals surface area contributed by atoms with E-state index in [9.17, 15) is 9.59 Å². The number of carbonyl (C=O) groups is 2. The van der Waals surface area contributed by atoms with Crippen molar-refractivity contribution in [3.63, 3.8) is 0 Å². The number of ether oxygens (including phenoxy) is 6. The quantitative estimate of drug-likeness (QED) is 0.0381. The number of carbonyl (C=O) groups excluding carboxylic acids is 2. The van der Waals surface area contributed by atoms with E-state index in [2.05, 4.69) is 93.4 Å². The van der Waals surface area contributed by atoms with Gasteiger partial charge in [-0.3, -0.25) is 9.59 Å². The van der Waals surface area contributed by atoms with Gasteiger partial charge in [-0.15, -0.1) is 0 Å². The van der Waals surface area contributed by atoms with Crippen LogP contribution in [-0.2, 0) is 15.1 Å². The van der Waals surface area contributed by atoms with E-state index >= 15 is 0 Å². The van der Waals surface area contributed by atoms with Gasteiger partial charge in [0.05, 0.1) is 54.7 Å². The molecule has 17 nitrogen and oxygen atoms in total. The zero-order valence-electron chi connectivity index (χ0n) is 43.4. The summed E-state index contributed by atoms with van der Waals surface area (Å²) in [5.41, 5.74) is 9.84. The van der Waals surface area contributed by atoms with Crippen LogP contribution in [0.25, 0.3) is 0 Å². The van der Waals surface area contributed by atoms with Gasteiger partial charge >= 0.3 is 34.5 Å². The number of aryl methyl sites for hydroxylation is 2. The predicted molar refractivity (Wildman–Crippen MR) is 300 cm³/mol. The Labute approximate surface area is 476 Å². The second-order valence-electron chi connectivity index (χ2n) is 16.3. The van der Waals surface area contributed by atoms with Gasteiger partial charge < -0.3 is 55.0 Å². The van der Waals surface area contributed by atoms with Crippen LogP contribution in [0.3, 0.4) is 0 Å². The van der Waals surface area contributed by atoms with Crippen LogP contribution in [0.5, 0.6) is 46.3 Å². The van der Waals surface area contributed by atoms with Crippen LogP contribution >= 0.6 is 62.8 Å². The zero-order chi connectivity index (χ0) is 55.0. The first kappa shape index (κ1) is 62.3. The number of hydrogen-bond acceptors (Lipinski definition) is 15. The van der Waals surface area contributed by atoms with Crippen LogP contribution in [-0.4, -0.2) is 96.8 Å². The molecule has 2 aliphatic carbocycles. The number of benzene rings is 4. The first-order chi connectivity index (χ1) is 36.1. The molecule has 75 heavy (non-hydrogen) atoms. The summed E-state index contributed by atoms with van der Waals surface area (Å²) in [6.07, 6.45) is 7.17. The Kier molecular flexibility index (Phi) is 26.9. The van der Waals surface area contributed by atoms with E-state index < -0.39 is 15.1 Å². The van der Waals surface area contributed by atoms with Crippen LogP contribution in [0, 0.1) is 13.8 Å². The molecule has 23 heteroatoms. The van der Waals surface area contributed by atoms with E-state index in [4.69, 9.17) is 65.1 Å². The maximum atomic E-state index is 12.6. The molecule has 8 rings (SSSR count). The number of nitrogen functional groups attached to an aromatic ring is 1. The molecular formula is C52H62Br2Cl3N9O8Zn. The summed E-state index contributed by atoms with van der Waals surface area (Å²) in [4.78, 5) is 43.8. The van der Waals surface area contributed by atoms with Gasteiger partial charge in [0.1, 0.15) is 11.5 Å². The zero-order valence-corrected chi connectivity index (χ0v) is 51.8. The third-order valence-electron chi connectivity index (χ3n) is 10.8. The first-order valence-corrected chi connectivity index (χ1v) is 33.5. The second-order valence-corrected chi connectivity index (χ2v) is 22.9. The van der Waals surface area contributed by atoms with Gasteiger partial charge in [-0.05, 0) is 150 Å². The van der Waals surface area contributed by atoms with Crippen molar-refractivity contribution in [3.8, 4) is 46.3 Å². The molecule has 6 aromatic rings. The number of rotatable bonds is 17. The molecule has 0 aliphatic heterocycles. The van der Waals surface area contributed by atoms with Gasteiger partial charge in [0.25, 0.3) is 11.8 Å². The Hall–Kier alpha value is -5.21. The fraction of sp³-hybridized carbons (Fsp3) is 0.346. The van der Waals surface area contributed by atoms with E-state index in [1.165, 1.54) is 25.8 Å².